The zero-order valence-corrected chi connectivity index (χ0v) is 9.90. The lowest BCUT2D eigenvalue weighted by molar-refractivity contribution is -0.138. The van der Waals surface area contributed by atoms with Crippen molar-refractivity contribution in [3.05, 3.63) is 47.0 Å². The Bertz CT molecular complexity index is 637. The van der Waals surface area contributed by atoms with Gasteiger partial charge >= 0.3 is 12.1 Å². The van der Waals surface area contributed by atoms with Crippen molar-refractivity contribution in [2.24, 2.45) is 0 Å². The Kier molecular flexibility index (Phi) is 3.23. The maximum atomic E-state index is 12.7. The summed E-state index contributed by atoms with van der Waals surface area (Å²) >= 11 is 5.80. The van der Waals surface area contributed by atoms with Crippen molar-refractivity contribution in [1.29, 1.82) is 0 Å². The average Bonchev–Trinajstić information content (AvgIpc) is 2.74. The van der Waals surface area contributed by atoms with E-state index >= 15 is 0 Å². The number of carboxylic acids is 1. The van der Waals surface area contributed by atoms with Crippen molar-refractivity contribution < 1.29 is 23.1 Å². The zero-order chi connectivity index (χ0) is 14.2. The minimum Gasteiger partial charge on any atom is -0.478 e. The third kappa shape index (κ3) is 2.55. The molecule has 0 aliphatic heterocycles. The predicted molar refractivity (Wildman–Crippen MR) is 60.5 cm³/mol. The first kappa shape index (κ1) is 13.4. The van der Waals surface area contributed by atoms with Gasteiger partial charge in [-0.05, 0) is 6.07 Å². The second kappa shape index (κ2) is 4.58. The molecule has 0 atom stereocenters. The van der Waals surface area contributed by atoms with Gasteiger partial charge in [0.05, 0.1) is 21.8 Å². The fraction of sp³-hybridized carbons (Fsp3) is 0.0909. The summed E-state index contributed by atoms with van der Waals surface area (Å²) in [6, 6.07) is 1.38. The van der Waals surface area contributed by atoms with Crippen LogP contribution in [0.5, 0.6) is 0 Å². The van der Waals surface area contributed by atoms with E-state index in [1.165, 1.54) is 18.5 Å². The van der Waals surface area contributed by atoms with Gasteiger partial charge in [0, 0.05) is 24.8 Å². The topological polar surface area (TPSA) is 55.1 Å². The number of aromatic carboxylic acids is 1. The van der Waals surface area contributed by atoms with E-state index in [1.807, 2.05) is 0 Å². The van der Waals surface area contributed by atoms with Crippen molar-refractivity contribution in [2.75, 3.05) is 0 Å². The van der Waals surface area contributed by atoms with Gasteiger partial charge in [-0.1, -0.05) is 11.6 Å². The summed E-state index contributed by atoms with van der Waals surface area (Å²) in [5.74, 6) is -1.66. The maximum Gasteiger partial charge on any atom is 0.418 e. The fourth-order valence-corrected chi connectivity index (χ4v) is 1.78. The molecule has 2 heterocycles. The predicted octanol–water partition coefficient (Wildman–Crippen LogP) is 3.24. The summed E-state index contributed by atoms with van der Waals surface area (Å²) < 4.78 is 39.2. The normalized spacial score (nSPS) is 11.6. The summed E-state index contributed by atoms with van der Waals surface area (Å²) in [6.07, 6.45) is -0.602. The second-order valence-electron chi connectivity index (χ2n) is 3.62. The van der Waals surface area contributed by atoms with Crippen LogP contribution in [-0.4, -0.2) is 20.6 Å². The smallest absolute Gasteiger partial charge is 0.418 e. The molecule has 0 aliphatic carbocycles. The highest BCUT2D eigenvalue weighted by molar-refractivity contribution is 6.32. The molecule has 0 aliphatic rings. The van der Waals surface area contributed by atoms with Gasteiger partial charge in [-0.15, -0.1) is 0 Å². The first-order valence-corrected chi connectivity index (χ1v) is 5.31. The Morgan fingerprint density at radius 1 is 1.37 bits per heavy atom. The molecule has 0 amide bonds. The van der Waals surface area contributed by atoms with E-state index in [-0.39, 0.29) is 10.7 Å². The molecular formula is C11H6ClF3N2O2. The van der Waals surface area contributed by atoms with E-state index in [0.717, 1.165) is 10.8 Å². The number of alkyl halides is 3. The van der Waals surface area contributed by atoms with Gasteiger partial charge in [-0.3, -0.25) is 4.98 Å². The van der Waals surface area contributed by atoms with Gasteiger partial charge in [0.15, 0.2) is 0 Å². The number of aromatic nitrogens is 2. The summed E-state index contributed by atoms with van der Waals surface area (Å²) in [5.41, 5.74) is -1.84. The molecule has 2 aromatic rings. The van der Waals surface area contributed by atoms with E-state index in [9.17, 15) is 18.0 Å². The molecule has 1 N–H and O–H groups in total. The lowest BCUT2D eigenvalue weighted by atomic mass is 10.2. The minimum atomic E-state index is -4.75. The van der Waals surface area contributed by atoms with E-state index in [1.54, 1.807) is 0 Å². The Balaban J connectivity index is 2.62. The molecule has 0 spiro atoms. The van der Waals surface area contributed by atoms with Crippen LogP contribution < -0.4 is 0 Å². The quantitative estimate of drug-likeness (QED) is 0.924. The van der Waals surface area contributed by atoms with Crippen molar-refractivity contribution in [3.8, 4) is 5.69 Å². The standard InChI is InChI=1S/C11H6ClF3N2O2/c12-8-3-16-2-1-9(8)17-4-6(10(18)19)7(5-17)11(13,14)15/h1-5H,(H,18,19). The van der Waals surface area contributed by atoms with Gasteiger partial charge in [0.25, 0.3) is 0 Å². The number of nitrogens with zero attached hydrogens (tertiary/aromatic N) is 2. The lowest BCUT2D eigenvalue weighted by Gasteiger charge is -2.05. The van der Waals surface area contributed by atoms with Gasteiger partial charge in [0.2, 0.25) is 0 Å². The van der Waals surface area contributed by atoms with Gasteiger partial charge in [0.1, 0.15) is 0 Å². The number of carbonyl (C=O) groups is 1. The highest BCUT2D eigenvalue weighted by atomic mass is 35.5. The van der Waals surface area contributed by atoms with E-state index in [0.29, 0.717) is 6.20 Å². The minimum absolute atomic E-state index is 0.114. The van der Waals surface area contributed by atoms with E-state index in [2.05, 4.69) is 4.98 Å². The molecule has 4 nitrogen and oxygen atoms in total. The van der Waals surface area contributed by atoms with Crippen LogP contribution in [0.2, 0.25) is 5.02 Å². The second-order valence-corrected chi connectivity index (χ2v) is 4.03. The molecule has 0 radical (unpaired) electrons. The molecule has 8 heteroatoms. The summed E-state index contributed by atoms with van der Waals surface area (Å²) in [7, 11) is 0. The van der Waals surface area contributed by atoms with Crippen molar-refractivity contribution in [1.82, 2.24) is 9.55 Å². The molecule has 0 fully saturated rings. The first-order chi connectivity index (χ1) is 8.80. The number of halogens is 4. The summed E-state index contributed by atoms with van der Waals surface area (Å²) in [5, 5.41) is 8.91. The molecule has 0 bridgehead atoms. The largest absolute Gasteiger partial charge is 0.478 e. The zero-order valence-electron chi connectivity index (χ0n) is 9.15. The molecule has 0 unspecified atom stereocenters. The molecule has 0 aromatic carbocycles. The molecule has 0 saturated carbocycles. The van der Waals surface area contributed by atoms with Crippen LogP contribution in [0.3, 0.4) is 0 Å². The first-order valence-electron chi connectivity index (χ1n) is 4.93. The maximum absolute atomic E-state index is 12.7. The molecule has 19 heavy (non-hydrogen) atoms. The monoisotopic (exact) mass is 290 g/mol. The van der Waals surface area contributed by atoms with E-state index < -0.39 is 23.3 Å². The molecular weight excluding hydrogens is 285 g/mol. The van der Waals surface area contributed by atoms with Crippen LogP contribution >= 0.6 is 11.6 Å². The molecule has 2 rings (SSSR count). The lowest BCUT2D eigenvalue weighted by Crippen LogP contribution is -2.09. The number of rotatable bonds is 2. The van der Waals surface area contributed by atoms with E-state index in [4.69, 9.17) is 16.7 Å². The van der Waals surface area contributed by atoms with Gasteiger partial charge < -0.3 is 9.67 Å². The third-order valence-electron chi connectivity index (χ3n) is 2.39. The van der Waals surface area contributed by atoms with Gasteiger partial charge in [-0.25, -0.2) is 4.79 Å². The Labute approximate surface area is 110 Å². The number of hydrogen-bond acceptors (Lipinski definition) is 2. The van der Waals surface area contributed by atoms with Crippen LogP contribution in [0.4, 0.5) is 13.2 Å². The highest BCUT2D eigenvalue weighted by Crippen LogP contribution is 2.34. The highest BCUT2D eigenvalue weighted by Gasteiger charge is 2.37. The number of hydrogen-bond donors (Lipinski definition) is 1. The summed E-state index contributed by atoms with van der Waals surface area (Å²) in [6.45, 7) is 0. The van der Waals surface area contributed by atoms with Crippen LogP contribution in [0.15, 0.2) is 30.9 Å². The van der Waals surface area contributed by atoms with Crippen molar-refractivity contribution in [2.45, 2.75) is 6.18 Å². The van der Waals surface area contributed by atoms with Crippen LogP contribution in [0.25, 0.3) is 5.69 Å². The van der Waals surface area contributed by atoms with Crippen LogP contribution in [-0.2, 0) is 6.18 Å². The van der Waals surface area contributed by atoms with Crippen molar-refractivity contribution in [3.63, 3.8) is 0 Å². The van der Waals surface area contributed by atoms with Crippen LogP contribution in [0, 0.1) is 0 Å². The average molecular weight is 291 g/mol. The van der Waals surface area contributed by atoms with Crippen molar-refractivity contribution >= 4 is 17.6 Å². The molecule has 0 saturated heterocycles. The fourth-order valence-electron chi connectivity index (χ4n) is 1.57. The van der Waals surface area contributed by atoms with Gasteiger partial charge in [-0.2, -0.15) is 13.2 Å². The summed E-state index contributed by atoms with van der Waals surface area (Å²) in [4.78, 5) is 14.5. The third-order valence-corrected chi connectivity index (χ3v) is 2.68. The van der Waals surface area contributed by atoms with Crippen LogP contribution in [0.1, 0.15) is 15.9 Å². The Hall–Kier alpha value is -2.02. The Morgan fingerprint density at radius 3 is 2.53 bits per heavy atom. The Morgan fingerprint density at radius 2 is 2.05 bits per heavy atom. The molecule has 100 valence electrons. The SMILES string of the molecule is O=C(O)c1cn(-c2ccncc2Cl)cc1C(F)(F)F. The number of carboxylic acid groups (broad SMARTS) is 1. The number of pyridine rings is 1. The molecule has 2 aromatic heterocycles.